The van der Waals surface area contributed by atoms with E-state index in [2.05, 4.69) is 26.8 Å². The van der Waals surface area contributed by atoms with Gasteiger partial charge >= 0.3 is 6.01 Å². The Bertz CT molecular complexity index is 694. The molecule has 1 saturated heterocycles. The number of ether oxygens (including phenoxy) is 2. The van der Waals surface area contributed by atoms with Gasteiger partial charge in [-0.2, -0.15) is 9.97 Å². The molecule has 2 N–H and O–H groups in total. The van der Waals surface area contributed by atoms with E-state index >= 15 is 0 Å². The van der Waals surface area contributed by atoms with Gasteiger partial charge in [-0.05, 0) is 44.8 Å². The predicted octanol–water partition coefficient (Wildman–Crippen LogP) is 1.24. The van der Waals surface area contributed by atoms with Crippen LogP contribution in [0.5, 0.6) is 11.8 Å². The van der Waals surface area contributed by atoms with Crippen LogP contribution in [0.3, 0.4) is 0 Å². The highest BCUT2D eigenvalue weighted by Gasteiger charge is 2.12. The lowest BCUT2D eigenvalue weighted by atomic mass is 10.2. The van der Waals surface area contributed by atoms with Crippen LogP contribution in [0.4, 0.5) is 5.82 Å². The van der Waals surface area contributed by atoms with Crippen LogP contribution < -0.4 is 15.2 Å². The lowest BCUT2D eigenvalue weighted by Gasteiger charge is -2.20. The predicted molar refractivity (Wildman–Crippen MR) is 94.6 cm³/mol. The average molecular weight is 331 g/mol. The highest BCUT2D eigenvalue weighted by Crippen LogP contribution is 2.25. The van der Waals surface area contributed by atoms with Crippen molar-refractivity contribution in [3.8, 4) is 11.8 Å². The lowest BCUT2D eigenvalue weighted by Crippen LogP contribution is -2.32. The second-order valence-corrected chi connectivity index (χ2v) is 6.12. The fraction of sp³-hybridized carbons (Fsp3) is 0.529. The van der Waals surface area contributed by atoms with Gasteiger partial charge in [-0.3, -0.25) is 4.90 Å². The third kappa shape index (κ3) is 4.04. The molecule has 0 atom stereocenters. The molecule has 0 amide bonds. The fourth-order valence-electron chi connectivity index (χ4n) is 2.91. The van der Waals surface area contributed by atoms with E-state index in [1.54, 1.807) is 0 Å². The number of nitrogen functional groups attached to an aromatic ring is 1. The maximum absolute atomic E-state index is 5.98. The van der Waals surface area contributed by atoms with Crippen molar-refractivity contribution in [1.82, 2.24) is 19.8 Å². The Hall–Kier alpha value is -2.12. The van der Waals surface area contributed by atoms with Crippen LogP contribution in [0.25, 0.3) is 10.9 Å². The van der Waals surface area contributed by atoms with Gasteiger partial charge in [0.15, 0.2) is 0 Å². The summed E-state index contributed by atoms with van der Waals surface area (Å²) < 4.78 is 10.9. The maximum Gasteiger partial charge on any atom is 0.318 e. The SMILES string of the molecule is COc1nc(N)c2cc(OCCN3CCCN(C)CC3)ccc2n1. The van der Waals surface area contributed by atoms with Gasteiger partial charge in [0.05, 0.1) is 12.6 Å². The number of fused-ring (bicyclic) bond motifs is 1. The van der Waals surface area contributed by atoms with E-state index in [-0.39, 0.29) is 6.01 Å². The smallest absolute Gasteiger partial charge is 0.318 e. The summed E-state index contributed by atoms with van der Waals surface area (Å²) >= 11 is 0. The van der Waals surface area contributed by atoms with Crippen molar-refractivity contribution in [3.05, 3.63) is 18.2 Å². The zero-order valence-electron chi connectivity index (χ0n) is 14.4. The third-order valence-corrected chi connectivity index (χ3v) is 4.35. The Morgan fingerprint density at radius 1 is 1.17 bits per heavy atom. The molecule has 0 radical (unpaired) electrons. The number of likely N-dealkylation sites (N-methyl/N-ethyl adjacent to an activating group) is 1. The molecule has 0 unspecified atom stereocenters. The van der Waals surface area contributed by atoms with Crippen LogP contribution in [-0.2, 0) is 0 Å². The van der Waals surface area contributed by atoms with Gasteiger partial charge in [-0.25, -0.2) is 0 Å². The molecule has 7 nitrogen and oxygen atoms in total. The summed E-state index contributed by atoms with van der Waals surface area (Å²) in [6, 6.07) is 5.96. The Kier molecular flexibility index (Phi) is 5.32. The van der Waals surface area contributed by atoms with Gasteiger partial charge in [0.2, 0.25) is 0 Å². The molecule has 1 fully saturated rings. The zero-order valence-corrected chi connectivity index (χ0v) is 14.4. The van der Waals surface area contributed by atoms with Crippen molar-refractivity contribution in [2.24, 2.45) is 0 Å². The van der Waals surface area contributed by atoms with Gasteiger partial charge in [0, 0.05) is 25.0 Å². The highest BCUT2D eigenvalue weighted by molar-refractivity contribution is 5.89. The second kappa shape index (κ2) is 7.63. The number of anilines is 1. The number of benzene rings is 1. The number of rotatable bonds is 5. The van der Waals surface area contributed by atoms with Crippen molar-refractivity contribution in [1.29, 1.82) is 0 Å². The van der Waals surface area contributed by atoms with E-state index < -0.39 is 0 Å². The number of hydrogen-bond donors (Lipinski definition) is 1. The van der Waals surface area contributed by atoms with Crippen molar-refractivity contribution in [2.75, 3.05) is 59.2 Å². The molecule has 130 valence electrons. The van der Waals surface area contributed by atoms with Crippen molar-refractivity contribution >= 4 is 16.7 Å². The monoisotopic (exact) mass is 331 g/mol. The van der Waals surface area contributed by atoms with Crippen LogP contribution >= 0.6 is 0 Å². The van der Waals surface area contributed by atoms with Gasteiger partial charge in [-0.15, -0.1) is 0 Å². The molecular formula is C17H25N5O2. The summed E-state index contributed by atoms with van der Waals surface area (Å²) in [5.74, 6) is 1.19. The van der Waals surface area contributed by atoms with Crippen LogP contribution in [0.15, 0.2) is 18.2 Å². The molecule has 1 aliphatic rings. The van der Waals surface area contributed by atoms with E-state index in [1.165, 1.54) is 20.1 Å². The largest absolute Gasteiger partial charge is 0.492 e. The Morgan fingerprint density at radius 3 is 2.88 bits per heavy atom. The minimum Gasteiger partial charge on any atom is -0.492 e. The van der Waals surface area contributed by atoms with Gasteiger partial charge < -0.3 is 20.1 Å². The Labute approximate surface area is 142 Å². The van der Waals surface area contributed by atoms with Crippen molar-refractivity contribution in [2.45, 2.75) is 6.42 Å². The molecule has 1 aliphatic heterocycles. The summed E-state index contributed by atoms with van der Waals surface area (Å²) in [7, 11) is 3.70. The standard InChI is InChI=1S/C17H25N5O2/c1-21-6-3-7-22(9-8-21)10-11-24-13-4-5-15-14(12-13)16(18)20-17(19-15)23-2/h4-5,12H,3,6-11H2,1-2H3,(H2,18,19,20). The van der Waals surface area contributed by atoms with Crippen molar-refractivity contribution < 1.29 is 9.47 Å². The minimum atomic E-state index is 0.278. The lowest BCUT2D eigenvalue weighted by molar-refractivity contribution is 0.213. The zero-order chi connectivity index (χ0) is 16.9. The molecule has 1 aromatic heterocycles. The van der Waals surface area contributed by atoms with Crippen LogP contribution in [0.1, 0.15) is 6.42 Å². The van der Waals surface area contributed by atoms with Crippen molar-refractivity contribution in [3.63, 3.8) is 0 Å². The van der Waals surface area contributed by atoms with E-state index in [1.807, 2.05) is 18.2 Å². The van der Waals surface area contributed by atoms with Gasteiger partial charge in [-0.1, -0.05) is 0 Å². The summed E-state index contributed by atoms with van der Waals surface area (Å²) in [4.78, 5) is 13.2. The number of nitrogens with zero attached hydrogens (tertiary/aromatic N) is 4. The molecule has 2 heterocycles. The average Bonchev–Trinajstić information content (AvgIpc) is 2.79. The molecule has 0 saturated carbocycles. The van der Waals surface area contributed by atoms with E-state index in [0.717, 1.165) is 42.8 Å². The van der Waals surface area contributed by atoms with Crippen LogP contribution in [0, 0.1) is 0 Å². The first-order valence-electron chi connectivity index (χ1n) is 8.30. The Morgan fingerprint density at radius 2 is 2.04 bits per heavy atom. The first kappa shape index (κ1) is 16.7. The van der Waals surface area contributed by atoms with Gasteiger partial charge in [0.25, 0.3) is 0 Å². The fourth-order valence-corrected chi connectivity index (χ4v) is 2.91. The molecule has 1 aromatic carbocycles. The number of nitrogens with two attached hydrogens (primary N) is 1. The quantitative estimate of drug-likeness (QED) is 0.883. The first-order chi connectivity index (χ1) is 11.7. The Balaban J connectivity index is 1.60. The van der Waals surface area contributed by atoms with E-state index in [4.69, 9.17) is 15.2 Å². The molecule has 2 aromatic rings. The molecule has 0 bridgehead atoms. The molecule has 0 spiro atoms. The molecule has 3 rings (SSSR count). The third-order valence-electron chi connectivity index (χ3n) is 4.35. The maximum atomic E-state index is 5.98. The van der Waals surface area contributed by atoms with Crippen LogP contribution in [-0.4, -0.2) is 73.3 Å². The normalized spacial score (nSPS) is 16.9. The topological polar surface area (TPSA) is 76.7 Å². The van der Waals surface area contributed by atoms with Gasteiger partial charge in [0.1, 0.15) is 18.2 Å². The minimum absolute atomic E-state index is 0.278. The number of aromatic nitrogens is 2. The first-order valence-corrected chi connectivity index (χ1v) is 8.30. The van der Waals surface area contributed by atoms with Crippen LogP contribution in [0.2, 0.25) is 0 Å². The molecule has 0 aliphatic carbocycles. The second-order valence-electron chi connectivity index (χ2n) is 6.12. The molecular weight excluding hydrogens is 306 g/mol. The summed E-state index contributed by atoms with van der Waals surface area (Å²) in [6.45, 7) is 6.10. The summed E-state index contributed by atoms with van der Waals surface area (Å²) in [5.41, 5.74) is 6.73. The summed E-state index contributed by atoms with van der Waals surface area (Å²) in [5, 5.41) is 0.782. The number of hydrogen-bond acceptors (Lipinski definition) is 7. The van der Waals surface area contributed by atoms with E-state index in [0.29, 0.717) is 12.4 Å². The number of methoxy groups -OCH3 is 1. The highest BCUT2D eigenvalue weighted by atomic mass is 16.5. The summed E-state index contributed by atoms with van der Waals surface area (Å²) in [6.07, 6.45) is 1.21. The van der Waals surface area contributed by atoms with E-state index in [9.17, 15) is 0 Å². The molecule has 7 heteroatoms. The molecule has 24 heavy (non-hydrogen) atoms.